The number of benzene rings is 2. The van der Waals surface area contributed by atoms with Crippen molar-refractivity contribution in [3.8, 4) is 11.5 Å². The lowest BCUT2D eigenvalue weighted by Crippen LogP contribution is -2.24. The normalized spacial score (nSPS) is 10.7. The van der Waals surface area contributed by atoms with E-state index in [0.29, 0.717) is 11.3 Å². The highest BCUT2D eigenvalue weighted by Crippen LogP contribution is 2.19. The van der Waals surface area contributed by atoms with Crippen LogP contribution in [0.1, 0.15) is 27.2 Å². The first kappa shape index (κ1) is 22.2. The van der Waals surface area contributed by atoms with E-state index >= 15 is 0 Å². The molecule has 3 rings (SSSR count). The van der Waals surface area contributed by atoms with Crippen molar-refractivity contribution in [2.45, 2.75) is 13.8 Å². The lowest BCUT2D eigenvalue weighted by atomic mass is 10.1. The minimum Gasteiger partial charge on any atom is -0.484 e. The average Bonchev–Trinajstić information content (AvgIpc) is 3.26. The molecule has 10 heteroatoms. The molecule has 0 saturated carbocycles. The molecule has 0 fully saturated rings. The minimum atomic E-state index is -0.885. The van der Waals surface area contributed by atoms with Crippen LogP contribution in [-0.4, -0.2) is 29.6 Å². The van der Waals surface area contributed by atoms with Gasteiger partial charge in [-0.2, -0.15) is 5.10 Å². The molecule has 1 N–H and O–H groups in total. The number of hydrogen-bond donors (Lipinski definition) is 1. The minimum absolute atomic E-state index is 0.169. The molecule has 0 unspecified atom stereocenters. The van der Waals surface area contributed by atoms with E-state index in [4.69, 9.17) is 13.9 Å². The van der Waals surface area contributed by atoms with Crippen LogP contribution in [0.2, 0.25) is 0 Å². The zero-order valence-corrected chi connectivity index (χ0v) is 17.2. The van der Waals surface area contributed by atoms with E-state index in [2.05, 4.69) is 10.5 Å². The maximum Gasteiger partial charge on any atom is 0.433 e. The van der Waals surface area contributed by atoms with Crippen LogP contribution >= 0.6 is 0 Å². The molecule has 0 aliphatic rings. The van der Waals surface area contributed by atoms with Crippen LogP contribution in [0.5, 0.6) is 11.5 Å². The van der Waals surface area contributed by atoms with Crippen molar-refractivity contribution >= 4 is 24.0 Å². The Morgan fingerprint density at radius 2 is 1.91 bits per heavy atom. The summed E-state index contributed by atoms with van der Waals surface area (Å²) in [6, 6.07) is 14.1. The Morgan fingerprint density at radius 3 is 2.62 bits per heavy atom. The van der Waals surface area contributed by atoms with Gasteiger partial charge in [0, 0.05) is 0 Å². The van der Waals surface area contributed by atoms with E-state index in [0.717, 1.165) is 23.3 Å². The molecule has 2 aromatic carbocycles. The molecule has 0 spiro atoms. The summed E-state index contributed by atoms with van der Waals surface area (Å²) in [5, 5.41) is 14.5. The highest BCUT2D eigenvalue weighted by molar-refractivity contribution is 5.89. The number of rotatable bonds is 8. The van der Waals surface area contributed by atoms with Gasteiger partial charge in [-0.05, 0) is 60.9 Å². The molecule has 10 nitrogen and oxygen atoms in total. The number of carbonyl (C=O) groups excluding carboxylic acids is 2. The van der Waals surface area contributed by atoms with Crippen molar-refractivity contribution in [3.05, 3.63) is 87.2 Å². The van der Waals surface area contributed by atoms with Crippen molar-refractivity contribution in [3.63, 3.8) is 0 Å². The third kappa shape index (κ3) is 6.02. The largest absolute Gasteiger partial charge is 0.484 e. The van der Waals surface area contributed by atoms with Gasteiger partial charge in [0.15, 0.2) is 6.61 Å². The Bertz CT molecular complexity index is 1180. The Hall–Kier alpha value is -4.47. The summed E-state index contributed by atoms with van der Waals surface area (Å²) in [6.45, 7) is 3.74. The average molecular weight is 437 g/mol. The standard InChI is InChI=1S/C22H19N3O7/c1-14-6-7-17(10-15(14)2)30-13-20(26)24-23-12-16-4-3-5-18(11-16)31-22(27)19-8-9-21(32-19)25(28)29/h3-12H,13H2,1-2H3,(H,24,26)/b23-12+. The second-order valence-electron chi connectivity index (χ2n) is 6.68. The number of amides is 1. The van der Waals surface area contributed by atoms with Crippen LogP contribution in [-0.2, 0) is 4.79 Å². The first-order chi connectivity index (χ1) is 15.3. The second kappa shape index (κ2) is 10.0. The molecule has 1 amide bonds. The van der Waals surface area contributed by atoms with Crippen molar-refractivity contribution in [1.82, 2.24) is 5.43 Å². The summed E-state index contributed by atoms with van der Waals surface area (Å²) in [5.74, 6) is -1.43. The number of nitrogens with one attached hydrogen (secondary N) is 1. The Morgan fingerprint density at radius 1 is 1.09 bits per heavy atom. The van der Waals surface area contributed by atoms with E-state index in [-0.39, 0.29) is 18.1 Å². The number of esters is 1. The van der Waals surface area contributed by atoms with Gasteiger partial charge >= 0.3 is 11.9 Å². The summed E-state index contributed by atoms with van der Waals surface area (Å²) in [7, 11) is 0. The van der Waals surface area contributed by atoms with Gasteiger partial charge in [-0.15, -0.1) is 0 Å². The quantitative estimate of drug-likeness (QED) is 0.187. The predicted octanol–water partition coefficient (Wildman–Crippen LogP) is 3.55. The van der Waals surface area contributed by atoms with Crippen LogP contribution in [0.4, 0.5) is 5.88 Å². The zero-order chi connectivity index (χ0) is 23.1. The molecule has 0 aliphatic heterocycles. The van der Waals surface area contributed by atoms with Gasteiger partial charge in [0.05, 0.1) is 12.3 Å². The molecule has 0 bridgehead atoms. The molecule has 0 atom stereocenters. The number of ether oxygens (including phenoxy) is 2. The smallest absolute Gasteiger partial charge is 0.433 e. The van der Waals surface area contributed by atoms with Crippen LogP contribution in [0.3, 0.4) is 0 Å². The van der Waals surface area contributed by atoms with Crippen LogP contribution in [0, 0.1) is 24.0 Å². The SMILES string of the molecule is Cc1ccc(OCC(=O)N/N=C/c2cccc(OC(=O)c3ccc([N+](=O)[O-])o3)c2)cc1C. The number of nitro groups is 1. The second-order valence-corrected chi connectivity index (χ2v) is 6.68. The maximum absolute atomic E-state index is 12.1. The maximum atomic E-state index is 12.1. The van der Waals surface area contributed by atoms with Gasteiger partial charge in [-0.3, -0.25) is 14.9 Å². The highest BCUT2D eigenvalue weighted by Gasteiger charge is 2.19. The van der Waals surface area contributed by atoms with E-state index in [1.807, 2.05) is 26.0 Å². The zero-order valence-electron chi connectivity index (χ0n) is 17.2. The molecule has 0 aliphatic carbocycles. The van der Waals surface area contributed by atoms with E-state index in [1.54, 1.807) is 18.2 Å². The number of furan rings is 1. The first-order valence-electron chi connectivity index (χ1n) is 9.40. The Labute approximate surface area is 182 Å². The lowest BCUT2D eigenvalue weighted by molar-refractivity contribution is -0.402. The van der Waals surface area contributed by atoms with Crippen molar-refractivity contribution in [1.29, 1.82) is 0 Å². The molecular weight excluding hydrogens is 418 g/mol. The third-order valence-electron chi connectivity index (χ3n) is 4.29. The molecular formula is C22H19N3O7. The van der Waals surface area contributed by atoms with Gasteiger partial charge in [-0.25, -0.2) is 10.2 Å². The molecule has 32 heavy (non-hydrogen) atoms. The molecule has 1 aromatic heterocycles. The molecule has 3 aromatic rings. The third-order valence-corrected chi connectivity index (χ3v) is 4.29. The Balaban J connectivity index is 1.52. The predicted molar refractivity (Wildman–Crippen MR) is 114 cm³/mol. The van der Waals surface area contributed by atoms with E-state index in [1.165, 1.54) is 18.3 Å². The summed E-state index contributed by atoms with van der Waals surface area (Å²) in [6.07, 6.45) is 1.36. The van der Waals surface area contributed by atoms with Crippen molar-refractivity contribution < 1.29 is 28.4 Å². The summed E-state index contributed by atoms with van der Waals surface area (Å²) in [5.41, 5.74) is 5.08. The van der Waals surface area contributed by atoms with Gasteiger partial charge in [0.1, 0.15) is 16.4 Å². The fourth-order valence-electron chi connectivity index (χ4n) is 2.51. The first-order valence-corrected chi connectivity index (χ1v) is 9.40. The number of hydrogen-bond acceptors (Lipinski definition) is 8. The number of nitrogens with zero attached hydrogens (tertiary/aromatic N) is 2. The van der Waals surface area contributed by atoms with Crippen LogP contribution < -0.4 is 14.9 Å². The van der Waals surface area contributed by atoms with Crippen LogP contribution in [0.15, 0.2) is 64.1 Å². The Kier molecular flexibility index (Phi) is 6.96. The monoisotopic (exact) mass is 437 g/mol. The van der Waals surface area contributed by atoms with Crippen LogP contribution in [0.25, 0.3) is 0 Å². The molecule has 164 valence electrons. The van der Waals surface area contributed by atoms with E-state index in [9.17, 15) is 19.7 Å². The van der Waals surface area contributed by atoms with E-state index < -0.39 is 22.7 Å². The highest BCUT2D eigenvalue weighted by atomic mass is 16.7. The van der Waals surface area contributed by atoms with Crippen molar-refractivity contribution in [2.75, 3.05) is 6.61 Å². The molecule has 1 heterocycles. The fraction of sp³-hybridized carbons (Fsp3) is 0.136. The van der Waals surface area contributed by atoms with Gasteiger partial charge in [-0.1, -0.05) is 18.2 Å². The van der Waals surface area contributed by atoms with Gasteiger partial charge in [0.25, 0.3) is 5.91 Å². The van der Waals surface area contributed by atoms with Crippen molar-refractivity contribution in [2.24, 2.45) is 5.10 Å². The van der Waals surface area contributed by atoms with Gasteiger partial charge < -0.3 is 13.9 Å². The number of aryl methyl sites for hydroxylation is 2. The topological polar surface area (TPSA) is 133 Å². The summed E-state index contributed by atoms with van der Waals surface area (Å²) in [4.78, 5) is 33.8. The molecule has 0 saturated heterocycles. The number of hydrazone groups is 1. The number of carbonyl (C=O) groups is 2. The molecule has 0 radical (unpaired) electrons. The summed E-state index contributed by atoms with van der Waals surface area (Å²) < 4.78 is 15.4. The fourth-order valence-corrected chi connectivity index (χ4v) is 2.51. The lowest BCUT2D eigenvalue weighted by Gasteiger charge is -2.07. The summed E-state index contributed by atoms with van der Waals surface area (Å²) >= 11 is 0. The van der Waals surface area contributed by atoms with Gasteiger partial charge in [0.2, 0.25) is 5.76 Å².